The van der Waals surface area contributed by atoms with Crippen LogP contribution in [-0.2, 0) is 23.7 Å². The van der Waals surface area contributed by atoms with Crippen LogP contribution in [0.15, 0.2) is 0 Å². The van der Waals surface area contributed by atoms with Gasteiger partial charge in [0.1, 0.15) is 0 Å². The molecule has 0 saturated heterocycles. The van der Waals surface area contributed by atoms with E-state index in [-0.39, 0.29) is 14.1 Å². The first kappa shape index (κ1) is 4.68. The van der Waals surface area contributed by atoms with E-state index in [9.17, 15) is 0 Å². The van der Waals surface area contributed by atoms with Gasteiger partial charge in [0.05, 0.1) is 0 Å². The van der Waals surface area contributed by atoms with Crippen molar-refractivity contribution in [1.82, 2.24) is 0 Å². The molecule has 0 fully saturated rings. The van der Waals surface area contributed by atoms with E-state index in [1.54, 1.807) is 0 Å². The van der Waals surface area contributed by atoms with Crippen LogP contribution >= 0.6 is 0 Å². The number of rotatable bonds is 0. The third-order valence-electron chi connectivity index (χ3n) is 0.0722. The summed E-state index contributed by atoms with van der Waals surface area (Å²) in [5, 5.41) is 0. The van der Waals surface area contributed by atoms with Gasteiger partial charge >= 0.3 is 33.2 Å². The van der Waals surface area contributed by atoms with Crippen molar-refractivity contribution >= 4 is 9.57 Å². The summed E-state index contributed by atoms with van der Waals surface area (Å²) in [6.07, 6.45) is 0. The van der Waals surface area contributed by atoms with Crippen molar-refractivity contribution < 1.29 is 23.7 Å². The van der Waals surface area contributed by atoms with E-state index in [0.29, 0.717) is 0 Å². The Balaban J connectivity index is 4.38. The van der Waals surface area contributed by atoms with Gasteiger partial charge in [-0.05, 0) is 0 Å². The third-order valence-corrected chi connectivity index (χ3v) is 0.298. The number of carbonyl (C=O) groups excluding carboxylic acids is 2. The molecule has 0 saturated carbocycles. The Labute approximate surface area is 34.0 Å². The zero-order valence-electron chi connectivity index (χ0n) is 2.17. The Morgan fingerprint density at radius 3 is 1.60 bits per heavy atom. The Morgan fingerprint density at radius 1 is 1.20 bits per heavy atom. The van der Waals surface area contributed by atoms with Crippen LogP contribution in [0, 0.1) is 0 Å². The molecule has 0 spiro atoms. The molecule has 0 rings (SSSR count). The minimum absolute atomic E-state index is 0.222. The zero-order valence-corrected chi connectivity index (χ0v) is 3.27. The number of hydrogen-bond acceptors (Lipinski definition) is 2. The van der Waals surface area contributed by atoms with Crippen molar-refractivity contribution in [2.24, 2.45) is 0 Å². The van der Waals surface area contributed by atoms with Crippen LogP contribution in [0.25, 0.3) is 0 Å². The van der Waals surface area contributed by atoms with Crippen LogP contribution in [0.4, 0.5) is 0 Å². The molecule has 0 aromatic carbocycles. The van der Waals surface area contributed by atoms with Crippen molar-refractivity contribution in [2.45, 2.75) is 0 Å². The Bertz CT molecular complexity index is 99.6. The summed E-state index contributed by atoms with van der Waals surface area (Å²) in [5.41, 5.74) is 0. The molecule has 0 aliphatic heterocycles. The zero-order chi connectivity index (χ0) is 4.12. The molecule has 0 aromatic rings. The second kappa shape index (κ2) is 3.68. The normalized spacial score (nSPS) is 4.80. The van der Waals surface area contributed by atoms with Gasteiger partial charge in [-0.1, -0.05) is 0 Å². The van der Waals surface area contributed by atoms with Crippen LogP contribution in [0.3, 0.4) is 0 Å². The SMILES string of the molecule is O=[C]=[Fe]=[C]=O. The van der Waals surface area contributed by atoms with E-state index in [1.165, 1.54) is 9.57 Å². The van der Waals surface area contributed by atoms with Gasteiger partial charge in [-0.2, -0.15) is 0 Å². The topological polar surface area (TPSA) is 34.1 Å². The van der Waals surface area contributed by atoms with Gasteiger partial charge in [-0.25, -0.2) is 0 Å². The van der Waals surface area contributed by atoms with E-state index >= 15 is 0 Å². The fourth-order valence-corrected chi connectivity index (χ4v) is 0.0607. The quantitative estimate of drug-likeness (QED) is 0.384. The van der Waals surface area contributed by atoms with E-state index in [2.05, 4.69) is 0 Å². The summed E-state index contributed by atoms with van der Waals surface area (Å²) in [6.45, 7) is 0. The van der Waals surface area contributed by atoms with Crippen molar-refractivity contribution in [1.29, 1.82) is 0 Å². The molecule has 0 atom stereocenters. The van der Waals surface area contributed by atoms with Crippen LogP contribution in [0.5, 0.6) is 0 Å². The fraction of sp³-hybridized carbons (Fsp3) is 0. The molecule has 3 heteroatoms. The summed E-state index contributed by atoms with van der Waals surface area (Å²) in [5.74, 6) is 0. The monoisotopic (exact) mass is 112 g/mol. The van der Waals surface area contributed by atoms with Crippen molar-refractivity contribution in [3.8, 4) is 0 Å². The van der Waals surface area contributed by atoms with Gasteiger partial charge < -0.3 is 0 Å². The van der Waals surface area contributed by atoms with Crippen molar-refractivity contribution in [2.75, 3.05) is 0 Å². The molecular formula is C2FeO2. The summed E-state index contributed by atoms with van der Waals surface area (Å²) in [6, 6.07) is 0. The van der Waals surface area contributed by atoms with Crippen molar-refractivity contribution in [3.63, 3.8) is 0 Å². The average molecular weight is 112 g/mol. The van der Waals surface area contributed by atoms with Crippen LogP contribution in [-0.4, -0.2) is 9.57 Å². The second-order valence-corrected chi connectivity index (χ2v) is 0.960. The Kier molecular flexibility index (Phi) is 3.44. The van der Waals surface area contributed by atoms with E-state index in [0.717, 1.165) is 0 Å². The fourth-order valence-electron chi connectivity index (χ4n) is 0.0147. The first-order chi connectivity index (χ1) is 2.41. The molecule has 0 unspecified atom stereocenters. The van der Waals surface area contributed by atoms with Crippen molar-refractivity contribution in [3.05, 3.63) is 0 Å². The standard InChI is InChI=1S/2CO.Fe/c2*1-2;. The van der Waals surface area contributed by atoms with Gasteiger partial charge in [0.15, 0.2) is 0 Å². The van der Waals surface area contributed by atoms with Gasteiger partial charge in [0.2, 0.25) is 0 Å². The molecule has 28 valence electrons. The number of hydrogen-bond donors (Lipinski definition) is 0. The molecular weight excluding hydrogens is 112 g/mol. The maximum atomic E-state index is 9.02. The first-order valence-electron chi connectivity index (χ1n) is 0.762. The molecule has 5 heavy (non-hydrogen) atoms. The molecule has 0 bridgehead atoms. The predicted octanol–water partition coefficient (Wildman–Crippen LogP) is -0.797. The van der Waals surface area contributed by atoms with Gasteiger partial charge in [-0.3, -0.25) is 0 Å². The average Bonchev–Trinajstić information content (AvgIpc) is 1.41. The van der Waals surface area contributed by atoms with Crippen LogP contribution in [0.2, 0.25) is 0 Å². The molecule has 0 N–H and O–H groups in total. The van der Waals surface area contributed by atoms with Gasteiger partial charge in [-0.15, -0.1) is 0 Å². The molecule has 0 aliphatic rings. The van der Waals surface area contributed by atoms with Gasteiger partial charge in [0, 0.05) is 0 Å². The molecule has 2 nitrogen and oxygen atoms in total. The molecule has 0 radical (unpaired) electrons. The van der Waals surface area contributed by atoms with E-state index in [1.807, 2.05) is 0 Å². The maximum absolute atomic E-state index is 9.02. The van der Waals surface area contributed by atoms with Gasteiger partial charge in [0.25, 0.3) is 0 Å². The summed E-state index contributed by atoms with van der Waals surface area (Å²) in [4.78, 5) is 20.7. The minimum atomic E-state index is -0.222. The van der Waals surface area contributed by atoms with E-state index < -0.39 is 0 Å². The Hall–Kier alpha value is -0.321. The third kappa shape index (κ3) is 3.68. The Morgan fingerprint density at radius 2 is 1.60 bits per heavy atom. The second-order valence-electron chi connectivity index (χ2n) is 0.233. The van der Waals surface area contributed by atoms with E-state index in [4.69, 9.17) is 9.59 Å². The molecule has 0 amide bonds. The molecule has 0 heterocycles. The van der Waals surface area contributed by atoms with Crippen LogP contribution in [0.1, 0.15) is 0 Å². The summed E-state index contributed by atoms with van der Waals surface area (Å²) >= 11 is -0.222. The summed E-state index contributed by atoms with van der Waals surface area (Å²) in [7, 11) is 0. The predicted molar refractivity (Wildman–Crippen MR) is 11.4 cm³/mol. The van der Waals surface area contributed by atoms with Crippen LogP contribution < -0.4 is 0 Å². The first-order valence-corrected chi connectivity index (χ1v) is 1.87. The molecule has 0 aliphatic carbocycles. The summed E-state index contributed by atoms with van der Waals surface area (Å²) < 4.78 is 0. The molecule has 0 aromatic heterocycles.